The Morgan fingerprint density at radius 1 is 1.20 bits per heavy atom. The van der Waals surface area contributed by atoms with Crippen LogP contribution in [-0.4, -0.2) is 36.5 Å². The number of benzene rings is 1. The van der Waals surface area contributed by atoms with Crippen LogP contribution in [0, 0.1) is 5.92 Å². The van der Waals surface area contributed by atoms with E-state index in [1.165, 1.54) is 31.5 Å². The van der Waals surface area contributed by atoms with Crippen molar-refractivity contribution in [3.8, 4) is 0 Å². The molecule has 108 valence electrons. The van der Waals surface area contributed by atoms with E-state index in [1.54, 1.807) is 0 Å². The lowest BCUT2D eigenvalue weighted by molar-refractivity contribution is 0.0620. The molecule has 0 saturated carbocycles. The lowest BCUT2D eigenvalue weighted by atomic mass is 9.84. The SMILES string of the molecule is CC(C)c1ccc(C(=O)N[C@@H]2CN3CCC2CC3)cc1. The summed E-state index contributed by atoms with van der Waals surface area (Å²) in [7, 11) is 0. The number of carbonyl (C=O) groups is 1. The largest absolute Gasteiger partial charge is 0.348 e. The highest BCUT2D eigenvalue weighted by molar-refractivity contribution is 5.94. The number of nitrogens with one attached hydrogen (secondary N) is 1. The van der Waals surface area contributed by atoms with Gasteiger partial charge in [0.05, 0.1) is 0 Å². The van der Waals surface area contributed by atoms with Crippen LogP contribution in [0.5, 0.6) is 0 Å². The quantitative estimate of drug-likeness (QED) is 0.917. The molecule has 1 aromatic carbocycles. The molecular weight excluding hydrogens is 248 g/mol. The highest BCUT2D eigenvalue weighted by Crippen LogP contribution is 2.27. The predicted octanol–water partition coefficient (Wildman–Crippen LogP) is 2.63. The topological polar surface area (TPSA) is 32.3 Å². The number of hydrogen-bond acceptors (Lipinski definition) is 2. The summed E-state index contributed by atoms with van der Waals surface area (Å²) in [5.41, 5.74) is 2.07. The van der Waals surface area contributed by atoms with Crippen LogP contribution in [0.25, 0.3) is 0 Å². The third-order valence-corrected chi connectivity index (χ3v) is 4.81. The van der Waals surface area contributed by atoms with Gasteiger partial charge in [-0.1, -0.05) is 26.0 Å². The summed E-state index contributed by atoms with van der Waals surface area (Å²) in [5.74, 6) is 1.27. The fourth-order valence-corrected chi connectivity index (χ4v) is 3.40. The van der Waals surface area contributed by atoms with Gasteiger partial charge in [0.15, 0.2) is 0 Å². The maximum Gasteiger partial charge on any atom is 0.251 e. The third kappa shape index (κ3) is 2.73. The highest BCUT2D eigenvalue weighted by atomic mass is 16.1. The summed E-state index contributed by atoms with van der Waals surface area (Å²) in [6.07, 6.45) is 2.47. The van der Waals surface area contributed by atoms with Crippen LogP contribution >= 0.6 is 0 Å². The Kier molecular flexibility index (Phi) is 3.79. The van der Waals surface area contributed by atoms with Gasteiger partial charge in [0.2, 0.25) is 0 Å². The van der Waals surface area contributed by atoms with Crippen molar-refractivity contribution in [2.45, 2.75) is 38.6 Å². The zero-order valence-electron chi connectivity index (χ0n) is 12.4. The molecule has 1 atom stereocenters. The molecule has 20 heavy (non-hydrogen) atoms. The van der Waals surface area contributed by atoms with E-state index >= 15 is 0 Å². The standard InChI is InChI=1S/C17H24N2O/c1-12(2)13-3-5-15(6-4-13)17(20)18-16-11-19-9-7-14(16)8-10-19/h3-6,12,14,16H,7-11H2,1-2H3,(H,18,20)/t16-/m1/s1. The second-order valence-corrected chi connectivity index (χ2v) is 6.49. The molecular formula is C17H24N2O. The van der Waals surface area contributed by atoms with Crippen molar-refractivity contribution in [1.29, 1.82) is 0 Å². The van der Waals surface area contributed by atoms with E-state index in [4.69, 9.17) is 0 Å². The van der Waals surface area contributed by atoms with Gasteiger partial charge in [-0.2, -0.15) is 0 Å². The number of amides is 1. The minimum absolute atomic E-state index is 0.0825. The van der Waals surface area contributed by atoms with Crippen molar-refractivity contribution in [3.05, 3.63) is 35.4 Å². The van der Waals surface area contributed by atoms with Crippen molar-refractivity contribution in [2.75, 3.05) is 19.6 Å². The van der Waals surface area contributed by atoms with E-state index in [0.717, 1.165) is 12.1 Å². The molecule has 3 saturated heterocycles. The molecule has 3 aliphatic rings. The summed E-state index contributed by atoms with van der Waals surface area (Å²) in [6.45, 7) is 7.78. The number of piperidine rings is 3. The third-order valence-electron chi connectivity index (χ3n) is 4.81. The second kappa shape index (κ2) is 5.57. The molecule has 4 rings (SSSR count). The van der Waals surface area contributed by atoms with E-state index in [-0.39, 0.29) is 5.91 Å². The molecule has 0 aliphatic carbocycles. The average molecular weight is 272 g/mol. The lowest BCUT2D eigenvalue weighted by Gasteiger charge is -2.44. The zero-order valence-corrected chi connectivity index (χ0v) is 12.4. The van der Waals surface area contributed by atoms with Gasteiger partial charge in [-0.05, 0) is 55.5 Å². The number of rotatable bonds is 3. The van der Waals surface area contributed by atoms with Gasteiger partial charge in [-0.25, -0.2) is 0 Å². The summed E-state index contributed by atoms with van der Waals surface area (Å²) >= 11 is 0. The summed E-state index contributed by atoms with van der Waals surface area (Å²) in [5, 5.41) is 3.23. The van der Waals surface area contributed by atoms with Crippen LogP contribution in [0.2, 0.25) is 0 Å². The van der Waals surface area contributed by atoms with Crippen LogP contribution < -0.4 is 5.32 Å². The predicted molar refractivity (Wildman–Crippen MR) is 80.9 cm³/mol. The van der Waals surface area contributed by atoms with E-state index in [2.05, 4.69) is 36.2 Å². The first kappa shape index (κ1) is 13.6. The fraction of sp³-hybridized carbons (Fsp3) is 0.588. The van der Waals surface area contributed by atoms with Crippen LogP contribution in [0.15, 0.2) is 24.3 Å². The molecule has 0 unspecified atom stereocenters. The smallest absolute Gasteiger partial charge is 0.251 e. The molecule has 0 radical (unpaired) electrons. The molecule has 0 spiro atoms. The van der Waals surface area contributed by atoms with Gasteiger partial charge < -0.3 is 10.2 Å². The average Bonchev–Trinajstić information content (AvgIpc) is 2.48. The molecule has 3 heterocycles. The first-order chi connectivity index (χ1) is 9.63. The Balaban J connectivity index is 1.64. The van der Waals surface area contributed by atoms with Gasteiger partial charge in [0.25, 0.3) is 5.91 Å². The molecule has 3 nitrogen and oxygen atoms in total. The highest BCUT2D eigenvalue weighted by Gasteiger charge is 2.34. The van der Waals surface area contributed by atoms with Gasteiger partial charge in [0.1, 0.15) is 0 Å². The monoisotopic (exact) mass is 272 g/mol. The normalized spacial score (nSPS) is 28.6. The Labute approximate surface area is 121 Å². The van der Waals surface area contributed by atoms with Crippen molar-refractivity contribution in [2.24, 2.45) is 5.92 Å². The van der Waals surface area contributed by atoms with Gasteiger partial charge in [0, 0.05) is 18.2 Å². The summed E-state index contributed by atoms with van der Waals surface area (Å²) in [6, 6.07) is 8.37. The van der Waals surface area contributed by atoms with Gasteiger partial charge >= 0.3 is 0 Å². The van der Waals surface area contributed by atoms with Crippen LogP contribution in [-0.2, 0) is 0 Å². The van der Waals surface area contributed by atoms with E-state index in [1.807, 2.05) is 12.1 Å². The Morgan fingerprint density at radius 2 is 1.85 bits per heavy atom. The molecule has 1 amide bonds. The Hall–Kier alpha value is -1.35. The molecule has 2 bridgehead atoms. The second-order valence-electron chi connectivity index (χ2n) is 6.49. The number of nitrogens with zero attached hydrogens (tertiary/aromatic N) is 1. The molecule has 3 fully saturated rings. The minimum Gasteiger partial charge on any atom is -0.348 e. The van der Waals surface area contributed by atoms with Crippen molar-refractivity contribution in [1.82, 2.24) is 10.2 Å². The maximum atomic E-state index is 12.3. The lowest BCUT2D eigenvalue weighted by Crippen LogP contribution is -2.57. The maximum absolute atomic E-state index is 12.3. The van der Waals surface area contributed by atoms with Gasteiger partial charge in [-0.3, -0.25) is 4.79 Å². The summed E-state index contributed by atoms with van der Waals surface area (Å²) < 4.78 is 0. The van der Waals surface area contributed by atoms with Crippen molar-refractivity contribution >= 4 is 5.91 Å². The number of hydrogen-bond donors (Lipinski definition) is 1. The molecule has 3 aliphatic heterocycles. The number of fused-ring (bicyclic) bond motifs is 3. The van der Waals surface area contributed by atoms with Crippen molar-refractivity contribution < 1.29 is 4.79 Å². The van der Waals surface area contributed by atoms with E-state index in [0.29, 0.717) is 17.9 Å². The minimum atomic E-state index is 0.0825. The van der Waals surface area contributed by atoms with E-state index in [9.17, 15) is 4.79 Å². The van der Waals surface area contributed by atoms with Crippen LogP contribution in [0.1, 0.15) is 48.5 Å². The Bertz CT molecular complexity index is 472. The zero-order chi connectivity index (χ0) is 14.1. The summed E-state index contributed by atoms with van der Waals surface area (Å²) in [4.78, 5) is 14.8. The van der Waals surface area contributed by atoms with Crippen LogP contribution in [0.3, 0.4) is 0 Å². The Morgan fingerprint density at radius 3 is 2.35 bits per heavy atom. The molecule has 3 heteroatoms. The van der Waals surface area contributed by atoms with E-state index < -0.39 is 0 Å². The molecule has 0 aromatic heterocycles. The van der Waals surface area contributed by atoms with Crippen molar-refractivity contribution in [3.63, 3.8) is 0 Å². The first-order valence-electron chi connectivity index (χ1n) is 7.76. The van der Waals surface area contributed by atoms with Crippen LogP contribution in [0.4, 0.5) is 0 Å². The van der Waals surface area contributed by atoms with Gasteiger partial charge in [-0.15, -0.1) is 0 Å². The fourth-order valence-electron chi connectivity index (χ4n) is 3.40. The number of carbonyl (C=O) groups excluding carboxylic acids is 1. The molecule has 1 N–H and O–H groups in total. The molecule has 1 aromatic rings. The first-order valence-corrected chi connectivity index (χ1v) is 7.76.